The van der Waals surface area contributed by atoms with Crippen molar-refractivity contribution in [1.29, 1.82) is 0 Å². The molecule has 0 spiro atoms. The number of hydrogen-bond donors (Lipinski definition) is 1. The minimum Gasteiger partial charge on any atom is -0.496 e. The Morgan fingerprint density at radius 3 is 2.62 bits per heavy atom. The third-order valence-electron chi connectivity index (χ3n) is 6.86. The fourth-order valence-electron chi connectivity index (χ4n) is 5.08. The van der Waals surface area contributed by atoms with E-state index in [-0.39, 0.29) is 30.0 Å². The van der Waals surface area contributed by atoms with Crippen molar-refractivity contribution in [3.63, 3.8) is 0 Å². The molecule has 6 heteroatoms. The average Bonchev–Trinajstić information content (AvgIpc) is 3.64. The molecule has 1 amide bonds. The average molecular weight is 460 g/mol. The van der Waals surface area contributed by atoms with Crippen molar-refractivity contribution in [2.75, 3.05) is 13.7 Å². The van der Waals surface area contributed by atoms with Crippen LogP contribution in [0.15, 0.2) is 60.7 Å². The number of nitrogens with zero attached hydrogens (tertiary/aromatic N) is 1. The summed E-state index contributed by atoms with van der Waals surface area (Å²) in [5.41, 5.74) is 4.85. The Bertz CT molecular complexity index is 1260. The van der Waals surface area contributed by atoms with Crippen molar-refractivity contribution in [2.45, 2.75) is 31.7 Å². The number of carbonyl (C=O) groups is 2. The van der Waals surface area contributed by atoms with Gasteiger partial charge in [0.2, 0.25) is 5.91 Å². The van der Waals surface area contributed by atoms with E-state index in [1.165, 1.54) is 24.8 Å². The molecule has 2 atom stereocenters. The highest BCUT2D eigenvalue weighted by molar-refractivity contribution is 5.84. The Kier molecular flexibility index (Phi) is 5.82. The lowest BCUT2D eigenvalue weighted by Crippen LogP contribution is -2.37. The summed E-state index contributed by atoms with van der Waals surface area (Å²) in [5, 5.41) is 9.21. The van der Waals surface area contributed by atoms with E-state index in [1.54, 1.807) is 18.2 Å². The number of carbonyl (C=O) groups excluding carboxylic acids is 1. The highest BCUT2D eigenvalue weighted by atomic mass is 19.1. The van der Waals surface area contributed by atoms with Gasteiger partial charge >= 0.3 is 5.97 Å². The van der Waals surface area contributed by atoms with Gasteiger partial charge in [-0.3, -0.25) is 9.59 Å². The van der Waals surface area contributed by atoms with Crippen molar-refractivity contribution in [3.8, 4) is 16.9 Å². The first-order chi connectivity index (χ1) is 16.4. The quantitative estimate of drug-likeness (QED) is 0.574. The van der Waals surface area contributed by atoms with Gasteiger partial charge in [0.1, 0.15) is 11.6 Å². The maximum absolute atomic E-state index is 14.6. The number of rotatable bonds is 6. The van der Waals surface area contributed by atoms with E-state index in [0.717, 1.165) is 17.5 Å². The van der Waals surface area contributed by atoms with Crippen LogP contribution in [0.1, 0.15) is 34.6 Å². The van der Waals surface area contributed by atoms with Crippen LogP contribution in [0.3, 0.4) is 0 Å². The van der Waals surface area contributed by atoms with Gasteiger partial charge in [-0.1, -0.05) is 36.4 Å². The molecule has 1 saturated carbocycles. The van der Waals surface area contributed by atoms with Crippen molar-refractivity contribution in [3.05, 3.63) is 88.7 Å². The first-order valence-corrected chi connectivity index (χ1v) is 11.5. The summed E-state index contributed by atoms with van der Waals surface area (Å²) in [6.45, 7) is 0.955. The monoisotopic (exact) mass is 459 g/mol. The van der Waals surface area contributed by atoms with Gasteiger partial charge in [-0.05, 0) is 70.8 Å². The number of ether oxygens (including phenoxy) is 1. The van der Waals surface area contributed by atoms with Crippen molar-refractivity contribution >= 4 is 11.9 Å². The molecule has 34 heavy (non-hydrogen) atoms. The maximum Gasteiger partial charge on any atom is 0.307 e. The van der Waals surface area contributed by atoms with Crippen LogP contribution in [0.2, 0.25) is 0 Å². The number of fused-ring (bicyclic) bond motifs is 1. The van der Waals surface area contributed by atoms with Gasteiger partial charge in [0.25, 0.3) is 0 Å². The summed E-state index contributed by atoms with van der Waals surface area (Å²) >= 11 is 0. The van der Waals surface area contributed by atoms with Gasteiger partial charge in [0.15, 0.2) is 0 Å². The van der Waals surface area contributed by atoms with Crippen molar-refractivity contribution in [2.24, 2.45) is 5.92 Å². The molecule has 2 aliphatic rings. The second kappa shape index (κ2) is 8.93. The number of benzene rings is 3. The molecule has 5 rings (SSSR count). The van der Waals surface area contributed by atoms with E-state index in [4.69, 9.17) is 4.74 Å². The lowest BCUT2D eigenvalue weighted by Gasteiger charge is -2.31. The van der Waals surface area contributed by atoms with Gasteiger partial charge in [0, 0.05) is 24.6 Å². The fraction of sp³-hybridized carbons (Fsp3) is 0.286. The van der Waals surface area contributed by atoms with Crippen molar-refractivity contribution < 1.29 is 23.8 Å². The smallest absolute Gasteiger partial charge is 0.307 e. The molecule has 1 aliphatic carbocycles. The zero-order chi connectivity index (χ0) is 23.8. The molecule has 0 bridgehead atoms. The van der Waals surface area contributed by atoms with Crippen LogP contribution in [0, 0.1) is 11.7 Å². The van der Waals surface area contributed by atoms with Crippen LogP contribution >= 0.6 is 0 Å². The Morgan fingerprint density at radius 2 is 1.88 bits per heavy atom. The predicted octanol–water partition coefficient (Wildman–Crippen LogP) is 4.82. The molecule has 0 saturated heterocycles. The minimum absolute atomic E-state index is 0.0127. The number of carboxylic acid groups (broad SMARTS) is 1. The molecule has 0 aromatic heterocycles. The Morgan fingerprint density at radius 1 is 1.09 bits per heavy atom. The number of halogens is 1. The van der Waals surface area contributed by atoms with Gasteiger partial charge in [-0.25, -0.2) is 4.39 Å². The maximum atomic E-state index is 14.6. The summed E-state index contributed by atoms with van der Waals surface area (Å²) in [5.74, 6) is -0.368. The number of amides is 1. The van der Waals surface area contributed by atoms with E-state index < -0.39 is 5.97 Å². The molecule has 174 valence electrons. The Labute approximate surface area is 197 Å². The zero-order valence-corrected chi connectivity index (χ0v) is 19.0. The van der Waals surface area contributed by atoms with E-state index in [1.807, 2.05) is 23.1 Å². The lowest BCUT2D eigenvalue weighted by atomic mass is 9.89. The number of aliphatic carboxylic acids is 1. The highest BCUT2D eigenvalue weighted by Crippen LogP contribution is 2.49. The largest absolute Gasteiger partial charge is 0.496 e. The second-order valence-electron chi connectivity index (χ2n) is 9.07. The highest BCUT2D eigenvalue weighted by Gasteiger charge is 2.46. The topological polar surface area (TPSA) is 66.8 Å². The first-order valence-electron chi connectivity index (χ1n) is 11.5. The molecular formula is C28H26FNO4. The van der Waals surface area contributed by atoms with Crippen LogP contribution in [0.25, 0.3) is 11.1 Å². The summed E-state index contributed by atoms with van der Waals surface area (Å²) in [7, 11) is 1.54. The van der Waals surface area contributed by atoms with Gasteiger partial charge in [-0.2, -0.15) is 0 Å². The van der Waals surface area contributed by atoms with Crippen LogP contribution in [-0.2, 0) is 29.0 Å². The summed E-state index contributed by atoms with van der Waals surface area (Å²) < 4.78 is 20.1. The van der Waals surface area contributed by atoms with Gasteiger partial charge in [0.05, 0.1) is 13.5 Å². The van der Waals surface area contributed by atoms with Gasteiger partial charge < -0.3 is 14.7 Å². The molecule has 3 aromatic rings. The van der Waals surface area contributed by atoms with E-state index in [9.17, 15) is 19.1 Å². The summed E-state index contributed by atoms with van der Waals surface area (Å²) in [6, 6.07) is 18.3. The van der Waals surface area contributed by atoms with Gasteiger partial charge in [-0.15, -0.1) is 0 Å². The van der Waals surface area contributed by atoms with E-state index in [2.05, 4.69) is 12.1 Å². The molecule has 5 nitrogen and oxygen atoms in total. The fourth-order valence-corrected chi connectivity index (χ4v) is 5.08. The molecule has 3 aromatic carbocycles. The Hall–Kier alpha value is -3.67. The normalized spacial score (nSPS) is 18.8. The number of carboxylic acids is 1. The van der Waals surface area contributed by atoms with E-state index >= 15 is 0 Å². The van der Waals surface area contributed by atoms with Crippen LogP contribution in [-0.4, -0.2) is 35.5 Å². The van der Waals surface area contributed by atoms with Crippen LogP contribution in [0.4, 0.5) is 4.39 Å². The molecule has 0 unspecified atom stereocenters. The SMILES string of the molecule is COc1ccc(CC(=O)O)cc1-c1cc(F)cc2c1CN(C(=O)[C@@H]1C[C@H]1c1ccccc1)CC2. The zero-order valence-electron chi connectivity index (χ0n) is 19.0. The molecular weight excluding hydrogens is 433 g/mol. The minimum atomic E-state index is -0.938. The Balaban J connectivity index is 1.46. The molecule has 1 N–H and O–H groups in total. The molecule has 0 radical (unpaired) electrons. The number of hydrogen-bond acceptors (Lipinski definition) is 3. The molecule has 1 aliphatic heterocycles. The first kappa shape index (κ1) is 22.1. The molecule has 1 fully saturated rings. The predicted molar refractivity (Wildman–Crippen MR) is 126 cm³/mol. The number of methoxy groups -OCH3 is 1. The summed E-state index contributed by atoms with van der Waals surface area (Å²) in [6.07, 6.45) is 1.29. The van der Waals surface area contributed by atoms with Crippen LogP contribution < -0.4 is 4.74 Å². The summed E-state index contributed by atoms with van der Waals surface area (Å²) in [4.78, 5) is 26.4. The third-order valence-corrected chi connectivity index (χ3v) is 6.86. The van der Waals surface area contributed by atoms with E-state index in [0.29, 0.717) is 42.0 Å². The molecule has 1 heterocycles. The lowest BCUT2D eigenvalue weighted by molar-refractivity contribution is -0.136. The van der Waals surface area contributed by atoms with Crippen molar-refractivity contribution in [1.82, 2.24) is 4.90 Å². The standard InChI is InChI=1S/C28H26FNO4/c1-34-26-8-7-17(12-27(31)32)11-23(26)22-14-20(29)13-19-9-10-30(16-25(19)22)28(33)24-15-21(24)18-5-3-2-4-6-18/h2-8,11,13-14,21,24H,9-10,12,15-16H2,1H3,(H,31,32)/t21-,24+/m0/s1. The third kappa shape index (κ3) is 4.28. The van der Waals surface area contributed by atoms with Crippen LogP contribution in [0.5, 0.6) is 5.75 Å². The second-order valence-corrected chi connectivity index (χ2v) is 9.07.